The average Bonchev–Trinajstić information content (AvgIpc) is 2.34. The maximum absolute atomic E-state index is 13.4. The molecule has 100 valence electrons. The van der Waals surface area contributed by atoms with Gasteiger partial charge in [0.05, 0.1) is 4.47 Å². The highest BCUT2D eigenvalue weighted by Gasteiger charge is 2.14. The van der Waals surface area contributed by atoms with Gasteiger partial charge in [0.2, 0.25) is 0 Å². The molecule has 1 nitrogen and oxygen atoms in total. The third kappa shape index (κ3) is 3.41. The molecule has 0 aliphatic rings. The summed E-state index contributed by atoms with van der Waals surface area (Å²) in [6, 6.07) is 8.86. The van der Waals surface area contributed by atoms with Gasteiger partial charge in [-0.2, -0.15) is 0 Å². The van der Waals surface area contributed by atoms with Gasteiger partial charge in [-0.25, -0.2) is 8.78 Å². The highest BCUT2D eigenvalue weighted by atomic mass is 79.9. The van der Waals surface area contributed by atoms with Crippen LogP contribution in [0.25, 0.3) is 0 Å². The van der Waals surface area contributed by atoms with E-state index >= 15 is 0 Å². The average molecular weight is 391 g/mol. The van der Waals surface area contributed by atoms with Crippen molar-refractivity contribution < 1.29 is 8.78 Å². The predicted octanol–water partition coefficient (Wildman–Crippen LogP) is 4.73. The molecule has 5 heteroatoms. The van der Waals surface area contributed by atoms with Crippen molar-refractivity contribution in [3.8, 4) is 0 Å². The molecular formula is C14H11Br2F2N. The van der Waals surface area contributed by atoms with Crippen molar-refractivity contribution in [2.45, 2.75) is 12.5 Å². The zero-order chi connectivity index (χ0) is 14.0. The zero-order valence-corrected chi connectivity index (χ0v) is 13.0. The monoisotopic (exact) mass is 389 g/mol. The lowest BCUT2D eigenvalue weighted by molar-refractivity contribution is 0.612. The number of hydrogen-bond donors (Lipinski definition) is 1. The van der Waals surface area contributed by atoms with Gasteiger partial charge >= 0.3 is 0 Å². The second-order valence-electron chi connectivity index (χ2n) is 4.19. The lowest BCUT2D eigenvalue weighted by Gasteiger charge is -2.15. The van der Waals surface area contributed by atoms with Gasteiger partial charge in [0, 0.05) is 10.5 Å². The summed E-state index contributed by atoms with van der Waals surface area (Å²) in [5.74, 6) is -0.641. The predicted molar refractivity (Wildman–Crippen MR) is 78.8 cm³/mol. The first-order valence-electron chi connectivity index (χ1n) is 5.62. The van der Waals surface area contributed by atoms with Crippen molar-refractivity contribution in [1.82, 2.24) is 0 Å². The Morgan fingerprint density at radius 1 is 1.11 bits per heavy atom. The number of halogens is 4. The molecule has 0 saturated carbocycles. The highest BCUT2D eigenvalue weighted by Crippen LogP contribution is 2.28. The van der Waals surface area contributed by atoms with Crippen molar-refractivity contribution in [2.75, 3.05) is 0 Å². The van der Waals surface area contributed by atoms with Crippen molar-refractivity contribution in [1.29, 1.82) is 0 Å². The minimum Gasteiger partial charge on any atom is -0.324 e. The van der Waals surface area contributed by atoms with Gasteiger partial charge in [-0.3, -0.25) is 0 Å². The van der Waals surface area contributed by atoms with E-state index in [2.05, 4.69) is 31.9 Å². The Labute approximate surface area is 127 Å². The van der Waals surface area contributed by atoms with E-state index in [-0.39, 0.29) is 17.7 Å². The van der Waals surface area contributed by atoms with Gasteiger partial charge < -0.3 is 5.73 Å². The minimum absolute atomic E-state index is 0.317. The van der Waals surface area contributed by atoms with Crippen LogP contribution in [0.5, 0.6) is 0 Å². The fraction of sp³-hybridized carbons (Fsp3) is 0.143. The molecule has 1 atom stereocenters. The Morgan fingerprint density at radius 3 is 2.53 bits per heavy atom. The summed E-state index contributed by atoms with van der Waals surface area (Å²) in [5.41, 5.74) is 7.67. The van der Waals surface area contributed by atoms with Crippen molar-refractivity contribution in [3.05, 3.63) is 68.1 Å². The van der Waals surface area contributed by atoms with Gasteiger partial charge in [-0.1, -0.05) is 34.1 Å². The molecule has 1 unspecified atom stereocenters. The SMILES string of the molecule is NC(Cc1cccc(F)c1Br)c1ccc(F)cc1Br. The molecule has 0 amide bonds. The molecule has 2 aromatic rings. The lowest BCUT2D eigenvalue weighted by Crippen LogP contribution is -2.14. The zero-order valence-electron chi connectivity index (χ0n) is 9.84. The molecule has 0 saturated heterocycles. The Morgan fingerprint density at radius 2 is 1.84 bits per heavy atom. The van der Waals surface area contributed by atoms with Gasteiger partial charge in [-0.05, 0) is 51.7 Å². The standard InChI is InChI=1S/C14H11Br2F2N/c15-11-7-9(17)4-5-10(11)13(19)6-8-2-1-3-12(18)14(8)16/h1-5,7,13H,6,19H2. The van der Waals surface area contributed by atoms with E-state index in [9.17, 15) is 8.78 Å². The van der Waals surface area contributed by atoms with E-state index in [1.807, 2.05) is 6.07 Å². The van der Waals surface area contributed by atoms with Crippen LogP contribution in [0.1, 0.15) is 17.2 Å². The van der Waals surface area contributed by atoms with Crippen LogP contribution in [0.4, 0.5) is 8.78 Å². The Hall–Kier alpha value is -0.780. The maximum atomic E-state index is 13.4. The summed E-state index contributed by atoms with van der Waals surface area (Å²) in [5, 5.41) is 0. The van der Waals surface area contributed by atoms with Crippen LogP contribution < -0.4 is 5.73 Å². The van der Waals surface area contributed by atoms with E-state index in [1.54, 1.807) is 12.1 Å². The van der Waals surface area contributed by atoms with E-state index in [4.69, 9.17) is 5.73 Å². The van der Waals surface area contributed by atoms with E-state index in [0.29, 0.717) is 15.4 Å². The van der Waals surface area contributed by atoms with Crippen LogP contribution >= 0.6 is 31.9 Å². The molecule has 0 aliphatic carbocycles. The molecule has 0 bridgehead atoms. The number of benzene rings is 2. The van der Waals surface area contributed by atoms with Crippen LogP contribution in [0.15, 0.2) is 45.3 Å². The first-order valence-corrected chi connectivity index (χ1v) is 7.21. The third-order valence-corrected chi connectivity index (χ3v) is 4.41. The topological polar surface area (TPSA) is 26.0 Å². The summed E-state index contributed by atoms with van der Waals surface area (Å²) in [7, 11) is 0. The molecule has 2 N–H and O–H groups in total. The molecule has 0 aliphatic heterocycles. The maximum Gasteiger partial charge on any atom is 0.137 e. The van der Waals surface area contributed by atoms with Crippen LogP contribution in [0, 0.1) is 11.6 Å². The summed E-state index contributed by atoms with van der Waals surface area (Å²) < 4.78 is 27.5. The fourth-order valence-electron chi connectivity index (χ4n) is 1.86. The Bertz CT molecular complexity index is 602. The molecule has 0 heterocycles. The second-order valence-corrected chi connectivity index (χ2v) is 5.84. The van der Waals surface area contributed by atoms with Crippen molar-refractivity contribution >= 4 is 31.9 Å². The smallest absolute Gasteiger partial charge is 0.137 e. The van der Waals surface area contributed by atoms with E-state index in [1.165, 1.54) is 18.2 Å². The van der Waals surface area contributed by atoms with Gasteiger partial charge in [0.25, 0.3) is 0 Å². The lowest BCUT2D eigenvalue weighted by atomic mass is 9.99. The van der Waals surface area contributed by atoms with E-state index < -0.39 is 0 Å². The molecule has 2 rings (SSSR count). The van der Waals surface area contributed by atoms with Gasteiger partial charge in [0.15, 0.2) is 0 Å². The first kappa shape index (κ1) is 14.6. The van der Waals surface area contributed by atoms with E-state index in [0.717, 1.165) is 11.1 Å². The summed E-state index contributed by atoms with van der Waals surface area (Å²) in [6.07, 6.45) is 0.461. The Balaban J connectivity index is 2.25. The number of rotatable bonds is 3. The summed E-state index contributed by atoms with van der Waals surface area (Å²) in [6.45, 7) is 0. The van der Waals surface area contributed by atoms with Gasteiger partial charge in [0.1, 0.15) is 11.6 Å². The van der Waals surface area contributed by atoms with Gasteiger partial charge in [-0.15, -0.1) is 0 Å². The molecular weight excluding hydrogens is 380 g/mol. The number of nitrogens with two attached hydrogens (primary N) is 1. The second kappa shape index (κ2) is 6.11. The minimum atomic E-state index is -0.340. The van der Waals surface area contributed by atoms with Crippen molar-refractivity contribution in [2.24, 2.45) is 5.73 Å². The van der Waals surface area contributed by atoms with Crippen LogP contribution in [0.3, 0.4) is 0 Å². The molecule has 2 aromatic carbocycles. The summed E-state index contributed by atoms with van der Waals surface area (Å²) in [4.78, 5) is 0. The molecule has 0 fully saturated rings. The molecule has 0 radical (unpaired) electrons. The summed E-state index contributed by atoms with van der Waals surface area (Å²) >= 11 is 6.50. The highest BCUT2D eigenvalue weighted by molar-refractivity contribution is 9.10. The first-order chi connectivity index (χ1) is 8.99. The molecule has 19 heavy (non-hydrogen) atoms. The third-order valence-electron chi connectivity index (χ3n) is 2.83. The largest absolute Gasteiger partial charge is 0.324 e. The van der Waals surface area contributed by atoms with Crippen LogP contribution in [-0.2, 0) is 6.42 Å². The van der Waals surface area contributed by atoms with Crippen molar-refractivity contribution in [3.63, 3.8) is 0 Å². The molecule has 0 spiro atoms. The Kier molecular flexibility index (Phi) is 4.71. The normalized spacial score (nSPS) is 12.5. The molecule has 0 aromatic heterocycles. The number of hydrogen-bond acceptors (Lipinski definition) is 1. The van der Waals surface area contributed by atoms with Crippen LogP contribution in [-0.4, -0.2) is 0 Å². The fourth-order valence-corrected chi connectivity index (χ4v) is 2.93. The van der Waals surface area contributed by atoms with Crippen LogP contribution in [0.2, 0.25) is 0 Å². The quantitative estimate of drug-likeness (QED) is 0.805.